The van der Waals surface area contributed by atoms with Crippen LogP contribution in [0.4, 0.5) is 14.6 Å². The first kappa shape index (κ1) is 22.6. The number of hydrogen-bond acceptors (Lipinski definition) is 7. The SMILES string of the molecule is COC(=O)c1cc(O)cc(-c2nc(NC(=O)C3(c4ccc5c(c4)OC(F)(F)O5)CC3)ccc2C)c1. The van der Waals surface area contributed by atoms with Gasteiger partial charge < -0.3 is 24.6 Å². The zero-order valence-electron chi connectivity index (χ0n) is 18.7. The first-order valence-corrected chi connectivity index (χ1v) is 10.7. The molecule has 1 amide bonds. The van der Waals surface area contributed by atoms with Gasteiger partial charge in [-0.3, -0.25) is 4.79 Å². The topological polar surface area (TPSA) is 107 Å². The van der Waals surface area contributed by atoms with Crippen molar-refractivity contribution in [1.82, 2.24) is 4.98 Å². The fourth-order valence-corrected chi connectivity index (χ4v) is 4.13. The van der Waals surface area contributed by atoms with Crippen molar-refractivity contribution in [3.8, 4) is 28.5 Å². The average Bonchev–Trinajstić information content (AvgIpc) is 3.56. The Morgan fingerprint density at radius 3 is 2.51 bits per heavy atom. The van der Waals surface area contributed by atoms with Crippen molar-refractivity contribution in [3.63, 3.8) is 0 Å². The van der Waals surface area contributed by atoms with Crippen molar-refractivity contribution < 1.29 is 37.7 Å². The highest BCUT2D eigenvalue weighted by atomic mass is 19.3. The Balaban J connectivity index is 1.41. The predicted octanol–water partition coefficient (Wildman–Crippen LogP) is 4.54. The van der Waals surface area contributed by atoms with Crippen molar-refractivity contribution in [2.24, 2.45) is 0 Å². The summed E-state index contributed by atoms with van der Waals surface area (Å²) in [5.41, 5.74) is 1.48. The van der Waals surface area contributed by atoms with Crippen molar-refractivity contribution in [3.05, 3.63) is 65.2 Å². The monoisotopic (exact) mass is 482 g/mol. The van der Waals surface area contributed by atoms with E-state index < -0.39 is 17.7 Å². The molecule has 3 aromatic rings. The normalized spacial score (nSPS) is 16.5. The third kappa shape index (κ3) is 4.11. The van der Waals surface area contributed by atoms with Crippen molar-refractivity contribution >= 4 is 17.7 Å². The molecule has 10 heteroatoms. The van der Waals surface area contributed by atoms with Crippen LogP contribution >= 0.6 is 0 Å². The minimum absolute atomic E-state index is 0.0859. The summed E-state index contributed by atoms with van der Waals surface area (Å²) < 4.78 is 40.4. The van der Waals surface area contributed by atoms with Gasteiger partial charge >= 0.3 is 12.3 Å². The number of aryl methyl sites for hydroxylation is 1. The van der Waals surface area contributed by atoms with Crippen LogP contribution in [0, 0.1) is 6.92 Å². The summed E-state index contributed by atoms with van der Waals surface area (Å²) in [5.74, 6) is -1.02. The van der Waals surface area contributed by atoms with E-state index in [2.05, 4.69) is 19.8 Å². The predicted molar refractivity (Wildman–Crippen MR) is 120 cm³/mol. The van der Waals surface area contributed by atoms with Gasteiger partial charge in [-0.2, -0.15) is 0 Å². The standard InChI is InChI=1S/C25H20F2N2O6/c1-13-3-6-20(28-21(13)14-9-15(22(31)33-2)11-17(30)10-14)29-23(32)24(7-8-24)16-4-5-18-19(12-16)35-25(26,27)34-18/h3-6,9-12,30H,7-8H2,1-2H3,(H,28,29,32). The van der Waals surface area contributed by atoms with Crippen molar-refractivity contribution in [2.75, 3.05) is 12.4 Å². The number of phenols is 1. The average molecular weight is 482 g/mol. The highest BCUT2D eigenvalue weighted by Gasteiger charge is 2.53. The van der Waals surface area contributed by atoms with Gasteiger partial charge in [0.05, 0.1) is 23.8 Å². The second kappa shape index (κ2) is 7.93. The van der Waals surface area contributed by atoms with E-state index in [9.17, 15) is 23.5 Å². The number of ether oxygens (including phenoxy) is 3. The van der Waals surface area contributed by atoms with E-state index in [1.165, 1.54) is 37.4 Å². The Morgan fingerprint density at radius 1 is 1.06 bits per heavy atom. The van der Waals surface area contributed by atoms with E-state index in [0.29, 0.717) is 29.7 Å². The number of methoxy groups -OCH3 is 1. The number of phenolic OH excluding ortho intramolecular Hbond substituents is 1. The highest BCUT2D eigenvalue weighted by Crippen LogP contribution is 2.52. The van der Waals surface area contributed by atoms with Crippen LogP contribution < -0.4 is 14.8 Å². The number of nitrogens with one attached hydrogen (secondary N) is 1. The second-order valence-corrected chi connectivity index (χ2v) is 8.49. The molecule has 180 valence electrons. The summed E-state index contributed by atoms with van der Waals surface area (Å²) in [7, 11) is 1.24. The number of fused-ring (bicyclic) bond motifs is 1. The van der Waals surface area contributed by atoms with Crippen LogP contribution in [-0.2, 0) is 14.9 Å². The molecule has 0 unspecified atom stereocenters. The largest absolute Gasteiger partial charge is 0.586 e. The van der Waals surface area contributed by atoms with Crippen LogP contribution in [0.25, 0.3) is 11.3 Å². The zero-order chi connectivity index (χ0) is 25.0. The lowest BCUT2D eigenvalue weighted by atomic mass is 9.94. The first-order valence-electron chi connectivity index (χ1n) is 10.7. The lowest BCUT2D eigenvalue weighted by Crippen LogP contribution is -2.28. The second-order valence-electron chi connectivity index (χ2n) is 8.49. The van der Waals surface area contributed by atoms with Gasteiger partial charge in [-0.1, -0.05) is 12.1 Å². The number of amides is 1. The molecule has 8 nitrogen and oxygen atoms in total. The molecule has 0 radical (unpaired) electrons. The Kier molecular flexibility index (Phi) is 5.12. The summed E-state index contributed by atoms with van der Waals surface area (Å²) in [5, 5.41) is 12.9. The van der Waals surface area contributed by atoms with Crippen LogP contribution in [0.15, 0.2) is 48.5 Å². The summed E-state index contributed by atoms with van der Waals surface area (Å²) >= 11 is 0. The molecular weight excluding hydrogens is 462 g/mol. The van der Waals surface area contributed by atoms with Gasteiger partial charge in [0.15, 0.2) is 11.5 Å². The summed E-state index contributed by atoms with van der Waals surface area (Å²) in [6.07, 6.45) is -2.67. The molecule has 2 heterocycles. The molecule has 35 heavy (non-hydrogen) atoms. The number of halogens is 2. The smallest absolute Gasteiger partial charge is 0.508 e. The number of esters is 1. The molecule has 1 fully saturated rings. The van der Waals surface area contributed by atoms with Gasteiger partial charge in [-0.05, 0) is 67.3 Å². The summed E-state index contributed by atoms with van der Waals surface area (Å²) in [6.45, 7) is 1.81. The van der Waals surface area contributed by atoms with E-state index in [-0.39, 0.29) is 34.5 Å². The zero-order valence-corrected chi connectivity index (χ0v) is 18.7. The highest BCUT2D eigenvalue weighted by molar-refractivity contribution is 6.01. The number of nitrogens with zero attached hydrogens (tertiary/aromatic N) is 1. The number of anilines is 1. The number of alkyl halides is 2. The van der Waals surface area contributed by atoms with E-state index in [1.54, 1.807) is 25.1 Å². The molecule has 2 N–H and O–H groups in total. The maximum Gasteiger partial charge on any atom is 0.586 e. The third-order valence-electron chi connectivity index (χ3n) is 6.09. The maximum atomic E-state index is 13.4. The van der Waals surface area contributed by atoms with Gasteiger partial charge in [0.25, 0.3) is 0 Å². The quantitative estimate of drug-likeness (QED) is 0.514. The fourth-order valence-electron chi connectivity index (χ4n) is 4.13. The molecule has 0 spiro atoms. The Morgan fingerprint density at radius 2 is 1.80 bits per heavy atom. The number of hydrogen-bond donors (Lipinski definition) is 2. The van der Waals surface area contributed by atoms with Crippen molar-refractivity contribution in [2.45, 2.75) is 31.5 Å². The first-order chi connectivity index (χ1) is 16.6. The molecule has 1 saturated carbocycles. The number of aromatic hydroxyl groups is 1. The van der Waals surface area contributed by atoms with Gasteiger partial charge in [-0.25, -0.2) is 9.78 Å². The van der Waals surface area contributed by atoms with Crippen LogP contribution in [0.1, 0.15) is 34.3 Å². The molecule has 0 bridgehead atoms. The number of rotatable bonds is 5. The number of carbonyl (C=O) groups excluding carboxylic acids is 2. The lowest BCUT2D eigenvalue weighted by Gasteiger charge is -2.17. The molecule has 0 saturated heterocycles. The Bertz CT molecular complexity index is 1370. The van der Waals surface area contributed by atoms with E-state index >= 15 is 0 Å². The minimum Gasteiger partial charge on any atom is -0.508 e. The van der Waals surface area contributed by atoms with E-state index in [1.807, 2.05) is 0 Å². The molecule has 1 aliphatic heterocycles. The van der Waals surface area contributed by atoms with Crippen LogP contribution in [0.2, 0.25) is 0 Å². The third-order valence-corrected chi connectivity index (χ3v) is 6.09. The molecular formula is C25H20F2N2O6. The van der Waals surface area contributed by atoms with Crippen LogP contribution in [0.5, 0.6) is 17.2 Å². The van der Waals surface area contributed by atoms with Gasteiger partial charge in [0.2, 0.25) is 5.91 Å². The molecule has 1 aliphatic carbocycles. The van der Waals surface area contributed by atoms with Crippen LogP contribution in [-0.4, -0.2) is 35.4 Å². The van der Waals surface area contributed by atoms with Gasteiger partial charge in [-0.15, -0.1) is 8.78 Å². The Labute approximate surface area is 198 Å². The molecule has 1 aromatic heterocycles. The molecule has 2 aromatic carbocycles. The molecule has 2 aliphatic rings. The summed E-state index contributed by atoms with van der Waals surface area (Å²) in [4.78, 5) is 29.7. The van der Waals surface area contributed by atoms with E-state index in [4.69, 9.17) is 4.74 Å². The number of aromatic nitrogens is 1. The molecule has 5 rings (SSSR count). The van der Waals surface area contributed by atoms with E-state index in [0.717, 1.165) is 5.56 Å². The lowest BCUT2D eigenvalue weighted by molar-refractivity contribution is -0.286. The van der Waals surface area contributed by atoms with Gasteiger partial charge in [0.1, 0.15) is 11.6 Å². The van der Waals surface area contributed by atoms with Crippen molar-refractivity contribution in [1.29, 1.82) is 0 Å². The number of carbonyl (C=O) groups is 2. The molecule has 0 atom stereocenters. The van der Waals surface area contributed by atoms with Gasteiger partial charge in [0, 0.05) is 5.56 Å². The Hall–Kier alpha value is -4.21. The maximum absolute atomic E-state index is 13.4. The number of pyridine rings is 1. The number of benzene rings is 2. The fraction of sp³-hybridized carbons (Fsp3) is 0.240. The van der Waals surface area contributed by atoms with Crippen LogP contribution in [0.3, 0.4) is 0 Å². The summed E-state index contributed by atoms with van der Waals surface area (Å²) in [6, 6.07) is 12.0. The minimum atomic E-state index is -3.73.